The molecule has 1 aliphatic heterocycles. The third-order valence-electron chi connectivity index (χ3n) is 5.48. The number of amides is 2. The molecule has 0 radical (unpaired) electrons. The largest absolute Gasteiger partial charge is 0.379 e. The van der Waals surface area contributed by atoms with E-state index in [4.69, 9.17) is 4.74 Å². The summed E-state index contributed by atoms with van der Waals surface area (Å²) >= 11 is 1.69. The van der Waals surface area contributed by atoms with Gasteiger partial charge in [-0.2, -0.15) is 0 Å². The summed E-state index contributed by atoms with van der Waals surface area (Å²) in [6.07, 6.45) is 2.13. The van der Waals surface area contributed by atoms with E-state index in [1.807, 2.05) is 19.2 Å². The molecule has 3 heterocycles. The predicted octanol–water partition coefficient (Wildman–Crippen LogP) is 4.01. The minimum Gasteiger partial charge on any atom is -0.379 e. The summed E-state index contributed by atoms with van der Waals surface area (Å²) in [4.78, 5) is 17.9. The summed E-state index contributed by atoms with van der Waals surface area (Å²) < 4.78 is 7.70. The molecule has 0 bridgehead atoms. The molecular formula is C22H28N4O2S. The summed E-state index contributed by atoms with van der Waals surface area (Å²) in [5.41, 5.74) is 3.25. The molecule has 1 N–H and O–H groups in total. The van der Waals surface area contributed by atoms with Crippen LogP contribution in [0.15, 0.2) is 41.9 Å². The summed E-state index contributed by atoms with van der Waals surface area (Å²) in [6.45, 7) is 8.36. The van der Waals surface area contributed by atoms with E-state index >= 15 is 0 Å². The molecule has 1 saturated heterocycles. The molecule has 0 unspecified atom stereocenters. The lowest BCUT2D eigenvalue weighted by Gasteiger charge is -2.26. The number of aryl methyl sites for hydroxylation is 1. The molecule has 3 aromatic rings. The molecule has 2 aromatic heterocycles. The van der Waals surface area contributed by atoms with Crippen LogP contribution in [-0.2, 0) is 17.8 Å². The first-order valence-corrected chi connectivity index (χ1v) is 10.9. The summed E-state index contributed by atoms with van der Waals surface area (Å²) in [5, 5.41) is 6.22. The van der Waals surface area contributed by atoms with E-state index < -0.39 is 0 Å². The van der Waals surface area contributed by atoms with Crippen molar-refractivity contribution in [1.82, 2.24) is 14.4 Å². The number of fused-ring (bicyclic) bond motifs is 1. The van der Waals surface area contributed by atoms with Gasteiger partial charge in [0, 0.05) is 60.9 Å². The number of carbonyl (C=O) groups is 1. The molecule has 4 rings (SSSR count). The minimum atomic E-state index is -0.0936. The van der Waals surface area contributed by atoms with E-state index in [-0.39, 0.29) is 6.03 Å². The molecule has 29 heavy (non-hydrogen) atoms. The Morgan fingerprint density at radius 2 is 2.03 bits per heavy atom. The number of morpholine rings is 1. The zero-order valence-electron chi connectivity index (χ0n) is 17.1. The Labute approximate surface area is 175 Å². The number of anilines is 1. The topological polar surface area (TPSA) is 49.7 Å². The quantitative estimate of drug-likeness (QED) is 0.666. The lowest BCUT2D eigenvalue weighted by molar-refractivity contribution is 0.0365. The van der Waals surface area contributed by atoms with Crippen molar-refractivity contribution in [2.45, 2.75) is 20.0 Å². The molecule has 0 atom stereocenters. The van der Waals surface area contributed by atoms with E-state index in [0.717, 1.165) is 50.5 Å². The highest BCUT2D eigenvalue weighted by molar-refractivity contribution is 7.10. The van der Waals surface area contributed by atoms with Crippen molar-refractivity contribution in [3.8, 4) is 0 Å². The zero-order valence-corrected chi connectivity index (χ0v) is 17.9. The summed E-state index contributed by atoms with van der Waals surface area (Å²) in [5.74, 6) is 0. The van der Waals surface area contributed by atoms with Gasteiger partial charge in [-0.15, -0.1) is 11.3 Å². The van der Waals surface area contributed by atoms with E-state index in [0.29, 0.717) is 6.54 Å². The average molecular weight is 413 g/mol. The van der Waals surface area contributed by atoms with Crippen LogP contribution >= 0.6 is 11.3 Å². The zero-order chi connectivity index (χ0) is 20.2. The van der Waals surface area contributed by atoms with Gasteiger partial charge >= 0.3 is 6.03 Å². The number of hydrogen-bond acceptors (Lipinski definition) is 4. The van der Waals surface area contributed by atoms with Gasteiger partial charge in [0.25, 0.3) is 0 Å². The lowest BCUT2D eigenvalue weighted by atomic mass is 10.2. The van der Waals surface area contributed by atoms with Crippen molar-refractivity contribution < 1.29 is 9.53 Å². The van der Waals surface area contributed by atoms with Gasteiger partial charge < -0.3 is 19.5 Å². The highest BCUT2D eigenvalue weighted by Crippen LogP contribution is 2.22. The van der Waals surface area contributed by atoms with Crippen LogP contribution in [0, 0.1) is 6.92 Å². The van der Waals surface area contributed by atoms with Gasteiger partial charge in [-0.05, 0) is 48.2 Å². The van der Waals surface area contributed by atoms with Crippen LogP contribution in [0.4, 0.5) is 10.5 Å². The van der Waals surface area contributed by atoms with Gasteiger partial charge in [-0.3, -0.25) is 4.90 Å². The van der Waals surface area contributed by atoms with Crippen molar-refractivity contribution in [3.63, 3.8) is 0 Å². The van der Waals surface area contributed by atoms with E-state index in [2.05, 4.69) is 51.5 Å². The van der Waals surface area contributed by atoms with Crippen LogP contribution in [0.25, 0.3) is 10.9 Å². The normalized spacial score (nSPS) is 15.0. The van der Waals surface area contributed by atoms with Gasteiger partial charge in [0.15, 0.2) is 0 Å². The van der Waals surface area contributed by atoms with Gasteiger partial charge in [0.1, 0.15) is 0 Å². The lowest BCUT2D eigenvalue weighted by Crippen LogP contribution is -2.38. The summed E-state index contributed by atoms with van der Waals surface area (Å²) in [7, 11) is 1.83. The van der Waals surface area contributed by atoms with Crippen molar-refractivity contribution in [2.75, 3.05) is 45.2 Å². The van der Waals surface area contributed by atoms with Crippen LogP contribution in [0.3, 0.4) is 0 Å². The molecule has 1 aromatic carbocycles. The van der Waals surface area contributed by atoms with E-state index in [1.54, 1.807) is 16.2 Å². The molecule has 2 amide bonds. The van der Waals surface area contributed by atoms with E-state index in [9.17, 15) is 4.79 Å². The molecular weight excluding hydrogens is 384 g/mol. The first-order valence-electron chi connectivity index (χ1n) is 10.0. The van der Waals surface area contributed by atoms with Crippen LogP contribution in [0.5, 0.6) is 0 Å². The molecule has 0 saturated carbocycles. The number of hydrogen-bond donors (Lipinski definition) is 1. The van der Waals surface area contributed by atoms with Gasteiger partial charge in [-0.1, -0.05) is 0 Å². The first kappa shape index (κ1) is 19.9. The average Bonchev–Trinajstić information content (AvgIpc) is 3.32. The second-order valence-corrected chi connectivity index (χ2v) is 8.55. The molecule has 6 nitrogen and oxygen atoms in total. The first-order chi connectivity index (χ1) is 14.1. The van der Waals surface area contributed by atoms with Gasteiger partial charge in [0.05, 0.1) is 19.8 Å². The highest BCUT2D eigenvalue weighted by atomic mass is 32.1. The molecule has 0 aliphatic carbocycles. The standard InChI is InChI=1S/C22H28N4O2S/c1-17-6-14-29-21(17)16-24(2)22(27)23-19-3-4-20-18(15-19)5-7-26(20)9-8-25-10-12-28-13-11-25/h3-7,14-15H,8-13,16H2,1-2H3,(H,23,27). The van der Waals surface area contributed by atoms with E-state index in [1.165, 1.54) is 16.0 Å². The Kier molecular flexibility index (Phi) is 6.18. The number of aromatic nitrogens is 1. The fourth-order valence-electron chi connectivity index (χ4n) is 3.62. The predicted molar refractivity (Wildman–Crippen MR) is 119 cm³/mol. The second-order valence-electron chi connectivity index (χ2n) is 7.55. The Morgan fingerprint density at radius 3 is 2.79 bits per heavy atom. The fourth-order valence-corrected chi connectivity index (χ4v) is 4.58. The Morgan fingerprint density at radius 1 is 1.21 bits per heavy atom. The molecule has 154 valence electrons. The Hall–Kier alpha value is -2.35. The van der Waals surface area contributed by atoms with Crippen LogP contribution in [-0.4, -0.2) is 60.3 Å². The maximum absolute atomic E-state index is 12.6. The number of benzene rings is 1. The number of nitrogens with zero attached hydrogens (tertiary/aromatic N) is 3. The Bertz CT molecular complexity index is 974. The van der Waals surface area contributed by atoms with Crippen LogP contribution in [0.1, 0.15) is 10.4 Å². The van der Waals surface area contributed by atoms with Gasteiger partial charge in [0.2, 0.25) is 0 Å². The third-order valence-corrected chi connectivity index (χ3v) is 6.49. The molecule has 1 fully saturated rings. The smallest absolute Gasteiger partial charge is 0.321 e. The number of ether oxygens (including phenoxy) is 1. The number of rotatable bonds is 6. The maximum atomic E-state index is 12.6. The van der Waals surface area contributed by atoms with Crippen molar-refractivity contribution >= 4 is 34.0 Å². The second kappa shape index (κ2) is 8.98. The number of nitrogens with one attached hydrogen (secondary N) is 1. The third kappa shape index (κ3) is 4.80. The van der Waals surface area contributed by atoms with Crippen LogP contribution in [0.2, 0.25) is 0 Å². The van der Waals surface area contributed by atoms with Crippen molar-refractivity contribution in [3.05, 3.63) is 52.3 Å². The molecule has 7 heteroatoms. The Balaban J connectivity index is 1.37. The monoisotopic (exact) mass is 412 g/mol. The fraction of sp³-hybridized carbons (Fsp3) is 0.409. The highest BCUT2D eigenvalue weighted by Gasteiger charge is 2.13. The van der Waals surface area contributed by atoms with Crippen molar-refractivity contribution in [1.29, 1.82) is 0 Å². The maximum Gasteiger partial charge on any atom is 0.321 e. The minimum absolute atomic E-state index is 0.0936. The molecule has 1 aliphatic rings. The number of carbonyl (C=O) groups excluding carboxylic acids is 1. The molecule has 0 spiro atoms. The number of thiophene rings is 1. The van der Waals surface area contributed by atoms with Crippen molar-refractivity contribution in [2.24, 2.45) is 0 Å². The SMILES string of the molecule is Cc1ccsc1CN(C)C(=O)Nc1ccc2c(ccn2CCN2CCOCC2)c1. The van der Waals surface area contributed by atoms with Gasteiger partial charge in [-0.25, -0.2) is 4.79 Å². The van der Waals surface area contributed by atoms with Crippen LogP contribution < -0.4 is 5.32 Å². The summed E-state index contributed by atoms with van der Waals surface area (Å²) in [6, 6.07) is 10.2. The number of urea groups is 1.